The van der Waals surface area contributed by atoms with Crippen molar-refractivity contribution in [1.82, 2.24) is 4.98 Å². The monoisotopic (exact) mass is 290 g/mol. The van der Waals surface area contributed by atoms with E-state index in [1.165, 1.54) is 26.5 Å². The molecule has 0 radical (unpaired) electrons. The quantitative estimate of drug-likeness (QED) is 0.858. The Labute approximate surface area is 121 Å². The highest BCUT2D eigenvalue weighted by molar-refractivity contribution is 5.88. The predicted molar refractivity (Wildman–Crippen MR) is 75.9 cm³/mol. The number of methoxy groups -OCH3 is 2. The Hall–Kier alpha value is -2.63. The van der Waals surface area contributed by atoms with Crippen LogP contribution < -0.4 is 10.1 Å². The molecular formula is C15H15FN2O3. The molecule has 0 spiro atoms. The normalized spacial score (nSPS) is 10.0. The van der Waals surface area contributed by atoms with E-state index in [1.54, 1.807) is 24.3 Å². The molecule has 0 fully saturated rings. The molecule has 2 rings (SSSR count). The van der Waals surface area contributed by atoms with Gasteiger partial charge in [0.05, 0.1) is 37.7 Å². The Morgan fingerprint density at radius 1 is 1.29 bits per heavy atom. The summed E-state index contributed by atoms with van der Waals surface area (Å²) in [5, 5.41) is 2.93. The zero-order valence-electron chi connectivity index (χ0n) is 11.7. The van der Waals surface area contributed by atoms with Crippen LogP contribution in [0.3, 0.4) is 0 Å². The minimum absolute atomic E-state index is 0.325. The van der Waals surface area contributed by atoms with E-state index in [0.29, 0.717) is 29.2 Å². The molecule has 0 aliphatic carbocycles. The standard InChI is InChI=1S/C15H15FN2O3/c1-20-12-5-6-13(16)14(7-12)18-9-11-4-3-10(8-17-11)15(19)21-2/h3-8,18H,9H2,1-2H3. The Bertz CT molecular complexity index is 629. The Morgan fingerprint density at radius 2 is 2.10 bits per heavy atom. The largest absolute Gasteiger partial charge is 0.497 e. The summed E-state index contributed by atoms with van der Waals surface area (Å²) in [5.74, 6) is -0.254. The van der Waals surface area contributed by atoms with Crippen LogP contribution in [0.2, 0.25) is 0 Å². The third-order valence-electron chi connectivity index (χ3n) is 2.88. The number of esters is 1. The lowest BCUT2D eigenvalue weighted by Gasteiger charge is -2.09. The maximum atomic E-state index is 13.6. The first-order valence-corrected chi connectivity index (χ1v) is 6.24. The molecule has 2 aromatic rings. The van der Waals surface area contributed by atoms with Crippen LogP contribution >= 0.6 is 0 Å². The van der Waals surface area contributed by atoms with E-state index in [1.807, 2.05) is 0 Å². The summed E-state index contributed by atoms with van der Waals surface area (Å²) in [7, 11) is 2.83. The van der Waals surface area contributed by atoms with Gasteiger partial charge in [-0.05, 0) is 24.3 Å². The van der Waals surface area contributed by atoms with E-state index < -0.39 is 5.97 Å². The molecule has 6 heteroatoms. The molecule has 0 saturated heterocycles. The number of carbonyl (C=O) groups is 1. The number of ether oxygens (including phenoxy) is 2. The fourth-order valence-electron chi connectivity index (χ4n) is 1.72. The van der Waals surface area contributed by atoms with Crippen molar-refractivity contribution in [2.45, 2.75) is 6.54 Å². The number of carbonyl (C=O) groups excluding carboxylic acids is 1. The van der Waals surface area contributed by atoms with Crippen LogP contribution in [0, 0.1) is 5.82 Å². The highest BCUT2D eigenvalue weighted by Gasteiger charge is 2.07. The van der Waals surface area contributed by atoms with Gasteiger partial charge in [-0.15, -0.1) is 0 Å². The molecule has 0 amide bonds. The van der Waals surface area contributed by atoms with Crippen molar-refractivity contribution < 1.29 is 18.7 Å². The molecule has 0 saturated carbocycles. The fourth-order valence-corrected chi connectivity index (χ4v) is 1.72. The summed E-state index contributed by atoms with van der Waals surface area (Å²) in [6.45, 7) is 0.325. The van der Waals surface area contributed by atoms with Gasteiger partial charge in [0, 0.05) is 12.3 Å². The van der Waals surface area contributed by atoms with E-state index in [9.17, 15) is 9.18 Å². The van der Waals surface area contributed by atoms with Crippen LogP contribution in [0.15, 0.2) is 36.5 Å². The molecule has 0 bridgehead atoms. The zero-order chi connectivity index (χ0) is 15.2. The van der Waals surface area contributed by atoms with Crippen LogP contribution in [-0.4, -0.2) is 25.2 Å². The van der Waals surface area contributed by atoms with Gasteiger partial charge in [-0.2, -0.15) is 0 Å². The lowest BCUT2D eigenvalue weighted by molar-refractivity contribution is 0.0600. The number of aromatic nitrogens is 1. The van der Waals surface area contributed by atoms with Crippen LogP contribution in [0.1, 0.15) is 16.1 Å². The minimum atomic E-state index is -0.444. The van der Waals surface area contributed by atoms with E-state index in [2.05, 4.69) is 15.0 Å². The number of benzene rings is 1. The average molecular weight is 290 g/mol. The highest BCUT2D eigenvalue weighted by atomic mass is 19.1. The van der Waals surface area contributed by atoms with Crippen LogP contribution in [0.5, 0.6) is 5.75 Å². The summed E-state index contributed by atoms with van der Waals surface area (Å²) >= 11 is 0. The SMILES string of the molecule is COC(=O)c1ccc(CNc2cc(OC)ccc2F)nc1. The van der Waals surface area contributed by atoms with Crippen molar-refractivity contribution in [3.63, 3.8) is 0 Å². The van der Waals surface area contributed by atoms with E-state index in [-0.39, 0.29) is 5.82 Å². The fraction of sp³-hybridized carbons (Fsp3) is 0.200. The second-order valence-corrected chi connectivity index (χ2v) is 4.23. The number of nitrogens with one attached hydrogen (secondary N) is 1. The van der Waals surface area contributed by atoms with Crippen molar-refractivity contribution in [3.05, 3.63) is 53.6 Å². The molecule has 1 N–H and O–H groups in total. The van der Waals surface area contributed by atoms with Crippen molar-refractivity contribution in [1.29, 1.82) is 0 Å². The zero-order valence-corrected chi connectivity index (χ0v) is 11.7. The average Bonchev–Trinajstić information content (AvgIpc) is 2.54. The van der Waals surface area contributed by atoms with Crippen LogP contribution in [0.4, 0.5) is 10.1 Å². The molecule has 0 aliphatic heterocycles. The summed E-state index contributed by atoms with van der Waals surface area (Å²) < 4.78 is 23.3. The molecule has 110 valence electrons. The number of rotatable bonds is 5. The van der Waals surface area contributed by atoms with Gasteiger partial charge in [0.15, 0.2) is 0 Å². The Kier molecular flexibility index (Phi) is 4.71. The van der Waals surface area contributed by atoms with Crippen molar-refractivity contribution in [3.8, 4) is 5.75 Å². The number of anilines is 1. The summed E-state index contributed by atoms with van der Waals surface area (Å²) in [5.41, 5.74) is 1.37. The molecule has 0 aliphatic rings. The third kappa shape index (κ3) is 3.68. The van der Waals surface area contributed by atoms with Gasteiger partial charge >= 0.3 is 5.97 Å². The first-order chi connectivity index (χ1) is 10.1. The number of pyridine rings is 1. The van der Waals surface area contributed by atoms with Crippen LogP contribution in [-0.2, 0) is 11.3 Å². The highest BCUT2D eigenvalue weighted by Crippen LogP contribution is 2.21. The Morgan fingerprint density at radius 3 is 2.71 bits per heavy atom. The maximum absolute atomic E-state index is 13.6. The van der Waals surface area contributed by atoms with Gasteiger partial charge in [0.1, 0.15) is 11.6 Å². The van der Waals surface area contributed by atoms with Gasteiger partial charge in [0.25, 0.3) is 0 Å². The van der Waals surface area contributed by atoms with Crippen LogP contribution in [0.25, 0.3) is 0 Å². The first-order valence-electron chi connectivity index (χ1n) is 6.24. The molecule has 1 aromatic carbocycles. The molecular weight excluding hydrogens is 275 g/mol. The van der Waals surface area contributed by atoms with Gasteiger partial charge in [-0.1, -0.05) is 0 Å². The number of nitrogens with zero attached hydrogens (tertiary/aromatic N) is 1. The summed E-state index contributed by atoms with van der Waals surface area (Å²) in [6, 6.07) is 7.73. The van der Waals surface area contributed by atoms with E-state index in [4.69, 9.17) is 4.74 Å². The Balaban J connectivity index is 2.04. The number of hydrogen-bond donors (Lipinski definition) is 1. The first kappa shape index (κ1) is 14.8. The second kappa shape index (κ2) is 6.69. The smallest absolute Gasteiger partial charge is 0.339 e. The third-order valence-corrected chi connectivity index (χ3v) is 2.88. The topological polar surface area (TPSA) is 60.5 Å². The van der Waals surface area contributed by atoms with Crippen molar-refractivity contribution in [2.24, 2.45) is 0 Å². The van der Waals surface area contributed by atoms with Gasteiger partial charge < -0.3 is 14.8 Å². The van der Waals surface area contributed by atoms with E-state index >= 15 is 0 Å². The lowest BCUT2D eigenvalue weighted by atomic mass is 10.2. The molecule has 5 nitrogen and oxygen atoms in total. The molecule has 0 unspecified atom stereocenters. The van der Waals surface area contributed by atoms with Crippen molar-refractivity contribution >= 4 is 11.7 Å². The minimum Gasteiger partial charge on any atom is -0.497 e. The molecule has 1 heterocycles. The van der Waals surface area contributed by atoms with Gasteiger partial charge in [-0.25, -0.2) is 9.18 Å². The predicted octanol–water partition coefficient (Wildman–Crippen LogP) is 2.63. The maximum Gasteiger partial charge on any atom is 0.339 e. The molecule has 21 heavy (non-hydrogen) atoms. The lowest BCUT2D eigenvalue weighted by Crippen LogP contribution is -2.06. The molecule has 1 aromatic heterocycles. The summed E-state index contributed by atoms with van der Waals surface area (Å²) in [4.78, 5) is 15.4. The molecule has 0 atom stereocenters. The number of hydrogen-bond acceptors (Lipinski definition) is 5. The summed E-state index contributed by atoms with van der Waals surface area (Å²) in [6.07, 6.45) is 1.42. The van der Waals surface area contributed by atoms with E-state index in [0.717, 1.165) is 0 Å². The number of halogens is 1. The second-order valence-electron chi connectivity index (χ2n) is 4.23. The van der Waals surface area contributed by atoms with Gasteiger partial charge in [0.2, 0.25) is 0 Å². The van der Waals surface area contributed by atoms with Gasteiger partial charge in [-0.3, -0.25) is 4.98 Å². The van der Waals surface area contributed by atoms with Crippen molar-refractivity contribution in [2.75, 3.05) is 19.5 Å².